The molecular formula is C21H22N2O6. The van der Waals surface area contributed by atoms with Crippen molar-refractivity contribution in [3.63, 3.8) is 0 Å². The maximum absolute atomic E-state index is 12.2. The third-order valence-corrected chi connectivity index (χ3v) is 4.15. The number of rotatable bonds is 10. The molecular weight excluding hydrogens is 376 g/mol. The summed E-state index contributed by atoms with van der Waals surface area (Å²) in [7, 11) is 0. The van der Waals surface area contributed by atoms with Crippen LogP contribution in [0.15, 0.2) is 48.5 Å². The monoisotopic (exact) mass is 398 g/mol. The highest BCUT2D eigenvalue weighted by atomic mass is 16.6. The Morgan fingerprint density at radius 3 is 2.17 bits per heavy atom. The second-order valence-electron chi connectivity index (χ2n) is 6.39. The molecule has 0 atom stereocenters. The van der Waals surface area contributed by atoms with E-state index in [0.29, 0.717) is 17.7 Å². The minimum atomic E-state index is -0.746. The fourth-order valence-electron chi connectivity index (χ4n) is 2.52. The van der Waals surface area contributed by atoms with E-state index in [1.807, 2.05) is 0 Å². The van der Waals surface area contributed by atoms with Gasteiger partial charge in [0.1, 0.15) is 0 Å². The van der Waals surface area contributed by atoms with Crippen LogP contribution in [0.5, 0.6) is 0 Å². The lowest BCUT2D eigenvalue weighted by Gasteiger charge is -2.07. The molecule has 0 aliphatic carbocycles. The summed E-state index contributed by atoms with van der Waals surface area (Å²) in [4.78, 5) is 46.0. The molecule has 8 nitrogen and oxygen atoms in total. The van der Waals surface area contributed by atoms with E-state index < -0.39 is 23.3 Å². The van der Waals surface area contributed by atoms with Crippen LogP contribution < -0.4 is 5.32 Å². The minimum absolute atomic E-state index is 0.0745. The third kappa shape index (κ3) is 6.84. The predicted octanol–water partition coefficient (Wildman–Crippen LogP) is 4.15. The van der Waals surface area contributed by atoms with Crippen molar-refractivity contribution in [3.8, 4) is 0 Å². The molecule has 2 aromatic carbocycles. The Labute approximate surface area is 168 Å². The van der Waals surface area contributed by atoms with E-state index in [1.165, 1.54) is 24.3 Å². The summed E-state index contributed by atoms with van der Waals surface area (Å²) in [6.07, 6.45) is 3.32. The second kappa shape index (κ2) is 10.7. The number of nitrogens with zero attached hydrogens (tertiary/aromatic N) is 1. The van der Waals surface area contributed by atoms with Crippen LogP contribution in [0, 0.1) is 10.1 Å². The van der Waals surface area contributed by atoms with Crippen LogP contribution in [-0.2, 0) is 9.53 Å². The number of anilines is 1. The molecule has 0 spiro atoms. The number of Topliss-reactive ketones (excluding diaryl/α,β-unsaturated/α-hetero) is 1. The van der Waals surface area contributed by atoms with E-state index >= 15 is 0 Å². The van der Waals surface area contributed by atoms with Crippen LogP contribution in [0.4, 0.5) is 11.4 Å². The van der Waals surface area contributed by atoms with Gasteiger partial charge in [-0.05, 0) is 42.8 Å². The molecule has 0 heterocycles. The Bertz CT molecular complexity index is 875. The number of carbonyl (C=O) groups is 3. The Morgan fingerprint density at radius 1 is 0.966 bits per heavy atom. The first-order valence-corrected chi connectivity index (χ1v) is 9.25. The summed E-state index contributed by atoms with van der Waals surface area (Å²) < 4.78 is 4.97. The van der Waals surface area contributed by atoms with Crippen LogP contribution in [0.2, 0.25) is 0 Å². The van der Waals surface area contributed by atoms with Crippen molar-refractivity contribution in [3.05, 3.63) is 69.8 Å². The molecule has 1 N–H and O–H groups in total. The van der Waals surface area contributed by atoms with Gasteiger partial charge in [0.2, 0.25) is 5.91 Å². The number of benzene rings is 2. The van der Waals surface area contributed by atoms with Crippen molar-refractivity contribution in [2.75, 3.05) is 11.9 Å². The summed E-state index contributed by atoms with van der Waals surface area (Å²) >= 11 is 0. The molecule has 0 aromatic heterocycles. The molecule has 0 unspecified atom stereocenters. The molecule has 2 aromatic rings. The number of ketones is 1. The van der Waals surface area contributed by atoms with Gasteiger partial charge < -0.3 is 10.1 Å². The van der Waals surface area contributed by atoms with E-state index in [0.717, 1.165) is 19.3 Å². The Morgan fingerprint density at radius 2 is 1.59 bits per heavy atom. The molecule has 2 rings (SSSR count). The largest absolute Gasteiger partial charge is 0.454 e. The molecule has 29 heavy (non-hydrogen) atoms. The zero-order chi connectivity index (χ0) is 21.2. The normalized spacial score (nSPS) is 10.2. The fourth-order valence-corrected chi connectivity index (χ4v) is 2.52. The van der Waals surface area contributed by atoms with Crippen LogP contribution in [-0.4, -0.2) is 29.2 Å². The van der Waals surface area contributed by atoms with Crippen molar-refractivity contribution in [1.82, 2.24) is 0 Å². The molecule has 1 amide bonds. The number of nitrogens with one attached hydrogen (secondary N) is 1. The number of carbonyl (C=O) groups excluding carboxylic acids is 3. The van der Waals surface area contributed by atoms with Crippen molar-refractivity contribution >= 4 is 29.0 Å². The first kappa shape index (κ1) is 21.7. The van der Waals surface area contributed by atoms with Gasteiger partial charge in [-0.25, -0.2) is 4.79 Å². The zero-order valence-electron chi connectivity index (χ0n) is 16.1. The number of unbranched alkanes of at least 4 members (excludes halogenated alkanes) is 2. The average molecular weight is 398 g/mol. The van der Waals surface area contributed by atoms with Crippen molar-refractivity contribution in [1.29, 1.82) is 0 Å². The molecule has 0 saturated heterocycles. The molecule has 0 bridgehead atoms. The summed E-state index contributed by atoms with van der Waals surface area (Å²) in [6, 6.07) is 11.2. The standard InChI is InChI=1S/C21H22N2O6/c1-2-3-4-5-20(25)22-17-10-6-15(7-11-17)19(24)14-29-21(26)16-8-12-18(13-9-16)23(27)28/h6-13H,2-5,14H2,1H3,(H,22,25). The quantitative estimate of drug-likeness (QED) is 0.211. The molecule has 0 radical (unpaired) electrons. The molecule has 152 valence electrons. The highest BCUT2D eigenvalue weighted by molar-refractivity contribution is 6.00. The zero-order valence-corrected chi connectivity index (χ0v) is 16.1. The van der Waals surface area contributed by atoms with E-state index in [2.05, 4.69) is 12.2 Å². The van der Waals surface area contributed by atoms with Crippen LogP contribution in [0.25, 0.3) is 0 Å². The van der Waals surface area contributed by atoms with Crippen LogP contribution in [0.3, 0.4) is 0 Å². The fraction of sp³-hybridized carbons (Fsp3) is 0.286. The van der Waals surface area contributed by atoms with E-state index in [1.54, 1.807) is 24.3 Å². The lowest BCUT2D eigenvalue weighted by atomic mass is 10.1. The van der Waals surface area contributed by atoms with Gasteiger partial charge in [-0.15, -0.1) is 0 Å². The predicted molar refractivity (Wildman–Crippen MR) is 107 cm³/mol. The van der Waals surface area contributed by atoms with E-state index in [9.17, 15) is 24.5 Å². The lowest BCUT2D eigenvalue weighted by molar-refractivity contribution is -0.384. The van der Waals surface area contributed by atoms with Crippen molar-refractivity contribution in [2.45, 2.75) is 32.6 Å². The topological polar surface area (TPSA) is 116 Å². The van der Waals surface area contributed by atoms with Gasteiger partial charge in [0, 0.05) is 29.8 Å². The molecule has 8 heteroatoms. The molecule has 0 fully saturated rings. The first-order valence-electron chi connectivity index (χ1n) is 9.25. The van der Waals surface area contributed by atoms with Gasteiger partial charge in [0.25, 0.3) is 5.69 Å². The Hall–Kier alpha value is -3.55. The third-order valence-electron chi connectivity index (χ3n) is 4.15. The SMILES string of the molecule is CCCCCC(=O)Nc1ccc(C(=O)COC(=O)c2ccc([N+](=O)[O-])cc2)cc1. The maximum atomic E-state index is 12.2. The summed E-state index contributed by atoms with van der Waals surface area (Å²) in [5.41, 5.74) is 0.899. The van der Waals surface area contributed by atoms with Crippen LogP contribution in [0.1, 0.15) is 53.3 Å². The summed E-state index contributed by atoms with van der Waals surface area (Å²) in [5.74, 6) is -1.22. The highest BCUT2D eigenvalue weighted by Gasteiger charge is 2.14. The van der Waals surface area contributed by atoms with Gasteiger partial charge in [-0.2, -0.15) is 0 Å². The second-order valence-corrected chi connectivity index (χ2v) is 6.39. The number of hydrogen-bond acceptors (Lipinski definition) is 6. The van der Waals surface area contributed by atoms with Crippen molar-refractivity contribution in [2.24, 2.45) is 0 Å². The van der Waals surface area contributed by atoms with Gasteiger partial charge in [-0.1, -0.05) is 19.8 Å². The highest BCUT2D eigenvalue weighted by Crippen LogP contribution is 2.14. The van der Waals surface area contributed by atoms with E-state index in [4.69, 9.17) is 4.74 Å². The van der Waals surface area contributed by atoms with Gasteiger partial charge in [-0.3, -0.25) is 19.7 Å². The summed E-state index contributed by atoms with van der Waals surface area (Å²) in [6.45, 7) is 1.61. The maximum Gasteiger partial charge on any atom is 0.338 e. The Balaban J connectivity index is 1.85. The van der Waals surface area contributed by atoms with Gasteiger partial charge >= 0.3 is 5.97 Å². The molecule has 0 saturated carbocycles. The minimum Gasteiger partial charge on any atom is -0.454 e. The Kier molecular flexibility index (Phi) is 8.02. The average Bonchev–Trinajstić information content (AvgIpc) is 2.72. The number of esters is 1. The molecule has 0 aliphatic rings. The number of nitro benzene ring substituents is 1. The van der Waals surface area contributed by atoms with Gasteiger partial charge in [0.05, 0.1) is 10.5 Å². The number of hydrogen-bond donors (Lipinski definition) is 1. The van der Waals surface area contributed by atoms with Crippen LogP contribution >= 0.6 is 0 Å². The van der Waals surface area contributed by atoms with Gasteiger partial charge in [0.15, 0.2) is 12.4 Å². The first-order chi connectivity index (χ1) is 13.9. The summed E-state index contributed by atoms with van der Waals surface area (Å²) in [5, 5.41) is 13.4. The smallest absolute Gasteiger partial charge is 0.338 e. The number of ether oxygens (including phenoxy) is 1. The van der Waals surface area contributed by atoms with E-state index in [-0.39, 0.29) is 17.2 Å². The lowest BCUT2D eigenvalue weighted by Crippen LogP contribution is -2.15. The number of non-ortho nitro benzene ring substituents is 1. The molecule has 0 aliphatic heterocycles. The van der Waals surface area contributed by atoms with Crippen molar-refractivity contribution < 1.29 is 24.0 Å². The number of amides is 1. The number of nitro groups is 1.